The van der Waals surface area contributed by atoms with Gasteiger partial charge in [0.25, 0.3) is 0 Å². The first-order valence-electron chi connectivity index (χ1n) is 11.9. The summed E-state index contributed by atoms with van der Waals surface area (Å²) in [6, 6.07) is 9.81. The van der Waals surface area contributed by atoms with Gasteiger partial charge < -0.3 is 19.9 Å². The molecule has 2 N–H and O–H groups in total. The Kier molecular flexibility index (Phi) is 7.69. The molecular formula is C27H32N6O2S. The number of H-pyrrole nitrogens is 1. The number of pyridine rings is 1. The number of carbonyl (C=O) groups excluding carboxylic acids is 1. The monoisotopic (exact) mass is 504 g/mol. The first kappa shape index (κ1) is 25.4. The van der Waals surface area contributed by atoms with Crippen molar-refractivity contribution in [1.82, 2.24) is 30.2 Å². The van der Waals surface area contributed by atoms with Gasteiger partial charge in [0, 0.05) is 37.3 Å². The summed E-state index contributed by atoms with van der Waals surface area (Å²) in [5.74, 6) is 0.714. The van der Waals surface area contributed by atoms with E-state index in [1.54, 1.807) is 22.4 Å². The Balaban J connectivity index is 1.40. The van der Waals surface area contributed by atoms with Crippen molar-refractivity contribution >= 4 is 34.2 Å². The summed E-state index contributed by atoms with van der Waals surface area (Å²) in [5, 5.41) is 6.26. The standard InChI is InChI=1S/C27H32N6O2S/c1-18-14-28-12-10-20(18)15-29-19(2)23-17-36-25(32-23)11-13-33(26(34)35-27(3,4)5)16-24-30-21-8-6-7-9-22(21)31-24/h6-10,12,14,17,29H,2,11,13,15-16H2,1,3-5H3,(H,30,31). The number of thiazole rings is 1. The molecule has 36 heavy (non-hydrogen) atoms. The number of aromatic nitrogens is 4. The van der Waals surface area contributed by atoms with Crippen LogP contribution in [0.1, 0.15) is 48.4 Å². The smallest absolute Gasteiger partial charge is 0.410 e. The molecule has 4 rings (SSSR count). The van der Waals surface area contributed by atoms with E-state index in [1.807, 2.05) is 69.6 Å². The largest absolute Gasteiger partial charge is 0.444 e. The van der Waals surface area contributed by atoms with Gasteiger partial charge in [0.05, 0.1) is 34.0 Å². The second-order valence-corrected chi connectivity index (χ2v) is 10.6. The molecule has 0 aliphatic rings. The van der Waals surface area contributed by atoms with Gasteiger partial charge in [-0.25, -0.2) is 14.8 Å². The molecule has 0 bridgehead atoms. The first-order chi connectivity index (χ1) is 17.2. The van der Waals surface area contributed by atoms with Crippen molar-refractivity contribution in [2.45, 2.75) is 52.8 Å². The Morgan fingerprint density at radius 2 is 2.03 bits per heavy atom. The Morgan fingerprint density at radius 3 is 2.78 bits per heavy atom. The third kappa shape index (κ3) is 6.69. The van der Waals surface area contributed by atoms with Crippen LogP contribution in [-0.4, -0.2) is 43.1 Å². The molecule has 1 amide bonds. The predicted molar refractivity (Wildman–Crippen MR) is 143 cm³/mol. The minimum Gasteiger partial charge on any atom is -0.444 e. The number of hydrogen-bond acceptors (Lipinski definition) is 7. The molecule has 9 heteroatoms. The summed E-state index contributed by atoms with van der Waals surface area (Å²) >= 11 is 1.56. The highest BCUT2D eigenvalue weighted by Crippen LogP contribution is 2.19. The third-order valence-corrected chi connectivity index (χ3v) is 6.42. The molecule has 0 radical (unpaired) electrons. The number of fused-ring (bicyclic) bond motifs is 1. The van der Waals surface area contributed by atoms with Crippen molar-refractivity contribution < 1.29 is 9.53 Å². The van der Waals surface area contributed by atoms with Gasteiger partial charge in [0.1, 0.15) is 11.4 Å². The molecule has 4 aromatic rings. The number of rotatable bonds is 9. The van der Waals surface area contributed by atoms with E-state index in [-0.39, 0.29) is 6.09 Å². The van der Waals surface area contributed by atoms with Crippen molar-refractivity contribution in [3.63, 3.8) is 0 Å². The zero-order valence-corrected chi connectivity index (χ0v) is 22.0. The number of aryl methyl sites for hydroxylation is 1. The molecule has 0 saturated carbocycles. The number of nitrogens with zero attached hydrogens (tertiary/aromatic N) is 4. The fourth-order valence-electron chi connectivity index (χ4n) is 3.61. The number of aromatic amines is 1. The van der Waals surface area contributed by atoms with Crippen LogP contribution in [0.3, 0.4) is 0 Å². The normalized spacial score (nSPS) is 11.4. The molecule has 0 saturated heterocycles. The highest BCUT2D eigenvalue weighted by molar-refractivity contribution is 7.09. The van der Waals surface area contributed by atoms with Crippen LogP contribution in [0.4, 0.5) is 4.79 Å². The van der Waals surface area contributed by atoms with Crippen LogP contribution < -0.4 is 5.32 Å². The second-order valence-electron chi connectivity index (χ2n) is 9.61. The van der Waals surface area contributed by atoms with Gasteiger partial charge in [-0.1, -0.05) is 18.7 Å². The zero-order chi connectivity index (χ0) is 25.7. The maximum Gasteiger partial charge on any atom is 0.410 e. The van der Waals surface area contributed by atoms with Crippen LogP contribution >= 0.6 is 11.3 Å². The van der Waals surface area contributed by atoms with Gasteiger partial charge in [-0.15, -0.1) is 11.3 Å². The molecule has 0 fully saturated rings. The maximum absolute atomic E-state index is 13.0. The van der Waals surface area contributed by atoms with Crippen LogP contribution in [0.2, 0.25) is 0 Å². The van der Waals surface area contributed by atoms with E-state index in [0.29, 0.717) is 31.9 Å². The average Bonchev–Trinajstić information content (AvgIpc) is 3.46. The molecule has 1 aromatic carbocycles. The molecule has 3 heterocycles. The SMILES string of the molecule is C=C(NCc1ccncc1C)c1csc(CCN(Cc2nc3ccccc3[nH]2)C(=O)OC(C)(C)C)n1. The quantitative estimate of drug-likeness (QED) is 0.314. The van der Waals surface area contributed by atoms with Crippen LogP contribution in [0, 0.1) is 6.92 Å². The predicted octanol–water partition coefficient (Wildman–Crippen LogP) is 5.46. The molecule has 188 valence electrons. The lowest BCUT2D eigenvalue weighted by Gasteiger charge is -2.26. The van der Waals surface area contributed by atoms with E-state index in [1.165, 1.54) is 5.56 Å². The summed E-state index contributed by atoms with van der Waals surface area (Å²) in [6.07, 6.45) is 3.86. The number of imidazole rings is 1. The number of benzene rings is 1. The summed E-state index contributed by atoms with van der Waals surface area (Å²) in [4.78, 5) is 31.4. The summed E-state index contributed by atoms with van der Waals surface area (Å²) in [7, 11) is 0. The number of hydrogen-bond donors (Lipinski definition) is 2. The van der Waals surface area contributed by atoms with Gasteiger partial charge in [-0.05, 0) is 57.0 Å². The Bertz CT molecular complexity index is 1320. The van der Waals surface area contributed by atoms with Gasteiger partial charge in [0.2, 0.25) is 0 Å². The van der Waals surface area contributed by atoms with E-state index < -0.39 is 5.60 Å². The summed E-state index contributed by atoms with van der Waals surface area (Å²) in [5.41, 5.74) is 5.09. The molecule has 0 spiro atoms. The zero-order valence-electron chi connectivity index (χ0n) is 21.2. The maximum atomic E-state index is 13.0. The number of ether oxygens (including phenoxy) is 1. The minimum absolute atomic E-state index is 0.321. The van der Waals surface area contributed by atoms with E-state index in [0.717, 1.165) is 33.0 Å². The van der Waals surface area contributed by atoms with Crippen molar-refractivity contribution in [2.24, 2.45) is 0 Å². The fraction of sp³-hybridized carbons (Fsp3) is 0.333. The van der Waals surface area contributed by atoms with Crippen LogP contribution in [0.15, 0.2) is 54.7 Å². The Morgan fingerprint density at radius 1 is 1.22 bits per heavy atom. The lowest BCUT2D eigenvalue weighted by atomic mass is 10.1. The summed E-state index contributed by atoms with van der Waals surface area (Å²) in [6.45, 7) is 13.2. The lowest BCUT2D eigenvalue weighted by Crippen LogP contribution is -2.37. The van der Waals surface area contributed by atoms with E-state index in [2.05, 4.69) is 26.8 Å². The molecule has 0 unspecified atom stereocenters. The topological polar surface area (TPSA) is 96.0 Å². The van der Waals surface area contributed by atoms with Gasteiger partial charge >= 0.3 is 6.09 Å². The molecule has 3 aromatic heterocycles. The number of carbonyl (C=O) groups is 1. The van der Waals surface area contributed by atoms with Crippen LogP contribution in [0.25, 0.3) is 16.7 Å². The molecule has 0 aliphatic heterocycles. The van der Waals surface area contributed by atoms with Gasteiger partial charge in [-0.3, -0.25) is 4.98 Å². The Labute approximate surface area is 215 Å². The van der Waals surface area contributed by atoms with E-state index in [9.17, 15) is 4.79 Å². The van der Waals surface area contributed by atoms with Crippen molar-refractivity contribution in [3.8, 4) is 0 Å². The second kappa shape index (κ2) is 10.9. The lowest BCUT2D eigenvalue weighted by molar-refractivity contribution is 0.0231. The van der Waals surface area contributed by atoms with E-state index in [4.69, 9.17) is 9.72 Å². The first-order valence-corrected chi connectivity index (χ1v) is 12.7. The molecule has 0 aliphatic carbocycles. The highest BCUT2D eigenvalue weighted by Gasteiger charge is 2.23. The van der Waals surface area contributed by atoms with Crippen molar-refractivity contribution in [1.29, 1.82) is 0 Å². The van der Waals surface area contributed by atoms with Crippen molar-refractivity contribution in [2.75, 3.05) is 6.54 Å². The molecule has 8 nitrogen and oxygen atoms in total. The molecule has 0 atom stereocenters. The van der Waals surface area contributed by atoms with Crippen molar-refractivity contribution in [3.05, 3.63) is 82.3 Å². The minimum atomic E-state index is -0.589. The molecular weight excluding hydrogens is 472 g/mol. The van der Waals surface area contributed by atoms with Crippen LogP contribution in [-0.2, 0) is 24.2 Å². The number of nitrogens with one attached hydrogen (secondary N) is 2. The fourth-order valence-corrected chi connectivity index (χ4v) is 4.41. The third-order valence-electron chi connectivity index (χ3n) is 5.52. The Hall–Kier alpha value is -3.72. The average molecular weight is 505 g/mol. The number of para-hydroxylation sites is 2. The highest BCUT2D eigenvalue weighted by atomic mass is 32.1. The summed E-state index contributed by atoms with van der Waals surface area (Å²) < 4.78 is 5.66. The number of amides is 1. The van der Waals surface area contributed by atoms with Gasteiger partial charge in [0.15, 0.2) is 0 Å². The van der Waals surface area contributed by atoms with Crippen LogP contribution in [0.5, 0.6) is 0 Å². The van der Waals surface area contributed by atoms with Gasteiger partial charge in [-0.2, -0.15) is 0 Å². The van der Waals surface area contributed by atoms with E-state index >= 15 is 0 Å².